The van der Waals surface area contributed by atoms with Gasteiger partial charge >= 0.3 is 5.97 Å². The van der Waals surface area contributed by atoms with E-state index in [0.717, 1.165) is 16.9 Å². The average molecular weight is 353 g/mol. The number of nitrogens with zero attached hydrogens (tertiary/aromatic N) is 1. The highest BCUT2D eigenvalue weighted by Gasteiger charge is 2.46. The molecule has 0 radical (unpaired) electrons. The summed E-state index contributed by atoms with van der Waals surface area (Å²) in [6.07, 6.45) is 1.17. The Morgan fingerprint density at radius 1 is 1.19 bits per heavy atom. The third kappa shape index (κ3) is 3.17. The molecule has 0 aromatic heterocycles. The van der Waals surface area contributed by atoms with E-state index in [4.69, 9.17) is 4.74 Å². The predicted molar refractivity (Wildman–Crippen MR) is 99.4 cm³/mol. The van der Waals surface area contributed by atoms with E-state index in [2.05, 4.69) is 0 Å². The van der Waals surface area contributed by atoms with Crippen molar-refractivity contribution < 1.29 is 19.4 Å². The number of hydrogen-bond acceptors (Lipinski definition) is 3. The number of carbonyl (C=O) groups is 2. The number of aliphatic carboxylic acids is 1. The van der Waals surface area contributed by atoms with E-state index in [0.29, 0.717) is 31.6 Å². The van der Waals surface area contributed by atoms with Crippen molar-refractivity contribution in [2.24, 2.45) is 0 Å². The van der Waals surface area contributed by atoms with Crippen molar-refractivity contribution in [3.63, 3.8) is 0 Å². The number of hydrogen-bond donors (Lipinski definition) is 1. The first-order chi connectivity index (χ1) is 12.5. The van der Waals surface area contributed by atoms with Crippen LogP contribution in [0.1, 0.15) is 37.0 Å². The molecule has 1 unspecified atom stereocenters. The number of carboxylic acids is 1. The van der Waals surface area contributed by atoms with E-state index in [1.54, 1.807) is 19.1 Å². The Morgan fingerprint density at radius 2 is 1.96 bits per heavy atom. The largest absolute Gasteiger partial charge is 0.493 e. The van der Waals surface area contributed by atoms with Crippen molar-refractivity contribution in [1.82, 2.24) is 4.90 Å². The SMILES string of the molecule is CCOc1ccccc1-c1cccc(C(=O)N2CCCC2(C)C(=O)O)c1. The summed E-state index contributed by atoms with van der Waals surface area (Å²) in [6.45, 7) is 4.56. The minimum atomic E-state index is -1.14. The zero-order valence-electron chi connectivity index (χ0n) is 15.1. The summed E-state index contributed by atoms with van der Waals surface area (Å²) in [5, 5.41) is 9.56. The molecule has 0 saturated carbocycles. The summed E-state index contributed by atoms with van der Waals surface area (Å²) in [6, 6.07) is 15.0. The second kappa shape index (κ2) is 7.20. The highest BCUT2D eigenvalue weighted by atomic mass is 16.5. The monoisotopic (exact) mass is 353 g/mol. The maximum Gasteiger partial charge on any atom is 0.329 e. The molecule has 0 bridgehead atoms. The third-order valence-electron chi connectivity index (χ3n) is 4.95. The van der Waals surface area contributed by atoms with E-state index in [1.165, 1.54) is 4.90 Å². The van der Waals surface area contributed by atoms with Gasteiger partial charge in [-0.3, -0.25) is 4.79 Å². The Kier molecular flexibility index (Phi) is 4.98. The molecule has 2 aromatic carbocycles. The molecule has 2 aromatic rings. The van der Waals surface area contributed by atoms with Gasteiger partial charge in [-0.15, -0.1) is 0 Å². The van der Waals surface area contributed by atoms with Crippen molar-refractivity contribution in [3.8, 4) is 16.9 Å². The van der Waals surface area contributed by atoms with Crippen molar-refractivity contribution in [2.75, 3.05) is 13.2 Å². The molecule has 1 saturated heterocycles. The van der Waals surface area contributed by atoms with E-state index in [-0.39, 0.29) is 5.91 Å². The fraction of sp³-hybridized carbons (Fsp3) is 0.333. The molecule has 1 fully saturated rings. The van der Waals surface area contributed by atoms with Crippen molar-refractivity contribution in [1.29, 1.82) is 0 Å². The van der Waals surface area contributed by atoms with Crippen LogP contribution in [0, 0.1) is 0 Å². The van der Waals surface area contributed by atoms with Crippen LogP contribution in [0.5, 0.6) is 5.75 Å². The van der Waals surface area contributed by atoms with E-state index >= 15 is 0 Å². The second-order valence-electron chi connectivity index (χ2n) is 6.65. The number of ether oxygens (including phenoxy) is 1. The Morgan fingerprint density at radius 3 is 2.69 bits per heavy atom. The molecular weight excluding hydrogens is 330 g/mol. The number of rotatable bonds is 5. The van der Waals surface area contributed by atoms with Crippen molar-refractivity contribution in [3.05, 3.63) is 54.1 Å². The van der Waals surface area contributed by atoms with Gasteiger partial charge in [-0.25, -0.2) is 4.79 Å². The van der Waals surface area contributed by atoms with Crippen LogP contribution in [-0.2, 0) is 4.79 Å². The van der Waals surface area contributed by atoms with Crippen LogP contribution in [0.15, 0.2) is 48.5 Å². The molecule has 1 aliphatic rings. The van der Waals surface area contributed by atoms with Gasteiger partial charge in [0.1, 0.15) is 11.3 Å². The topological polar surface area (TPSA) is 66.8 Å². The first kappa shape index (κ1) is 18.0. The predicted octanol–water partition coefficient (Wildman–Crippen LogP) is 3.83. The molecule has 0 spiro atoms. The molecule has 1 amide bonds. The molecule has 0 aliphatic carbocycles. The van der Waals surface area contributed by atoms with E-state index in [1.807, 2.05) is 43.3 Å². The van der Waals surface area contributed by atoms with E-state index in [9.17, 15) is 14.7 Å². The summed E-state index contributed by atoms with van der Waals surface area (Å²) in [5.41, 5.74) is 1.13. The molecule has 1 aliphatic heterocycles. The normalized spacial score (nSPS) is 19.4. The van der Waals surface area contributed by atoms with Gasteiger partial charge in [0, 0.05) is 17.7 Å². The van der Waals surface area contributed by atoms with Crippen LogP contribution in [-0.4, -0.2) is 40.6 Å². The number of benzene rings is 2. The number of likely N-dealkylation sites (tertiary alicyclic amines) is 1. The standard InChI is InChI=1S/C21H23NO4/c1-3-26-18-11-5-4-10-17(18)15-8-6-9-16(14-15)19(23)22-13-7-12-21(22,2)20(24)25/h4-6,8-11,14H,3,7,12-13H2,1-2H3,(H,24,25). The van der Waals surface area contributed by atoms with Gasteiger partial charge < -0.3 is 14.7 Å². The number of amides is 1. The molecule has 3 rings (SSSR count). The summed E-state index contributed by atoms with van der Waals surface area (Å²) in [4.78, 5) is 26.1. The lowest BCUT2D eigenvalue weighted by molar-refractivity contribution is -0.147. The molecule has 26 heavy (non-hydrogen) atoms. The van der Waals surface area contributed by atoms with Gasteiger partial charge in [0.05, 0.1) is 6.61 Å². The lowest BCUT2D eigenvalue weighted by Gasteiger charge is -2.31. The Hall–Kier alpha value is -2.82. The molecular formula is C21H23NO4. The van der Waals surface area contributed by atoms with Crippen LogP contribution in [0.2, 0.25) is 0 Å². The molecule has 1 heterocycles. The van der Waals surface area contributed by atoms with Gasteiger partial charge in [-0.05, 0) is 50.5 Å². The zero-order valence-corrected chi connectivity index (χ0v) is 15.1. The van der Waals surface area contributed by atoms with Gasteiger partial charge in [-0.1, -0.05) is 30.3 Å². The summed E-state index contributed by atoms with van der Waals surface area (Å²) in [7, 11) is 0. The van der Waals surface area contributed by atoms with Crippen molar-refractivity contribution in [2.45, 2.75) is 32.2 Å². The van der Waals surface area contributed by atoms with Gasteiger partial charge in [0.15, 0.2) is 0 Å². The lowest BCUT2D eigenvalue weighted by atomic mass is 9.97. The quantitative estimate of drug-likeness (QED) is 0.887. The van der Waals surface area contributed by atoms with Crippen LogP contribution >= 0.6 is 0 Å². The molecule has 1 N–H and O–H groups in total. The van der Waals surface area contributed by atoms with Crippen molar-refractivity contribution >= 4 is 11.9 Å². The highest BCUT2D eigenvalue weighted by molar-refractivity contribution is 5.99. The average Bonchev–Trinajstić information content (AvgIpc) is 3.05. The summed E-state index contributed by atoms with van der Waals surface area (Å²) >= 11 is 0. The second-order valence-corrected chi connectivity index (χ2v) is 6.65. The molecule has 136 valence electrons. The fourth-order valence-corrected chi connectivity index (χ4v) is 3.47. The number of para-hydroxylation sites is 1. The van der Waals surface area contributed by atoms with Crippen LogP contribution in [0.4, 0.5) is 0 Å². The van der Waals surface area contributed by atoms with Gasteiger partial charge in [0.2, 0.25) is 0 Å². The van der Waals surface area contributed by atoms with Crippen LogP contribution < -0.4 is 4.74 Å². The fourth-order valence-electron chi connectivity index (χ4n) is 3.47. The number of carboxylic acid groups (broad SMARTS) is 1. The Bertz CT molecular complexity index is 832. The van der Waals surface area contributed by atoms with Gasteiger partial charge in [0.25, 0.3) is 5.91 Å². The van der Waals surface area contributed by atoms with Gasteiger partial charge in [-0.2, -0.15) is 0 Å². The summed E-state index contributed by atoms with van der Waals surface area (Å²) in [5.74, 6) is -0.444. The maximum absolute atomic E-state index is 13.0. The zero-order chi connectivity index (χ0) is 18.7. The maximum atomic E-state index is 13.0. The first-order valence-corrected chi connectivity index (χ1v) is 8.85. The lowest BCUT2D eigenvalue weighted by Crippen LogP contribution is -2.50. The van der Waals surface area contributed by atoms with Crippen LogP contribution in [0.25, 0.3) is 11.1 Å². The minimum absolute atomic E-state index is 0.247. The molecule has 1 atom stereocenters. The minimum Gasteiger partial charge on any atom is -0.493 e. The third-order valence-corrected chi connectivity index (χ3v) is 4.95. The molecule has 5 nitrogen and oxygen atoms in total. The Balaban J connectivity index is 1.95. The first-order valence-electron chi connectivity index (χ1n) is 8.85. The highest BCUT2D eigenvalue weighted by Crippen LogP contribution is 2.33. The molecule has 5 heteroatoms. The number of carbonyl (C=O) groups excluding carboxylic acids is 1. The van der Waals surface area contributed by atoms with E-state index < -0.39 is 11.5 Å². The smallest absolute Gasteiger partial charge is 0.329 e. The summed E-state index contributed by atoms with van der Waals surface area (Å²) < 4.78 is 5.68. The Labute approximate surface area is 153 Å². The van der Waals surface area contributed by atoms with Crippen LogP contribution in [0.3, 0.4) is 0 Å².